The molecule has 3 N–H and O–H groups in total. The molecule has 4 rings (SSSR count). The number of carbonyl (C=O) groups excluding carboxylic acids is 1. The molecule has 0 saturated carbocycles. The second-order valence-electron chi connectivity index (χ2n) is 7.19. The van der Waals surface area contributed by atoms with E-state index >= 15 is 0 Å². The molecule has 1 fully saturated rings. The maximum atomic E-state index is 11.5. The van der Waals surface area contributed by atoms with Crippen LogP contribution < -0.4 is 4.74 Å². The maximum absolute atomic E-state index is 11.5. The zero-order valence-corrected chi connectivity index (χ0v) is 15.9. The number of phenolic OH excluding ortho intramolecular Hbond substituents is 2. The summed E-state index contributed by atoms with van der Waals surface area (Å²) in [6.45, 7) is 3.20. The van der Waals surface area contributed by atoms with Crippen LogP contribution in [0.25, 0.3) is 22.4 Å². The van der Waals surface area contributed by atoms with E-state index in [4.69, 9.17) is 4.74 Å². The predicted molar refractivity (Wildman–Crippen MR) is 106 cm³/mol. The number of nitrogens with one attached hydrogen (secondary N) is 1. The predicted octanol–water partition coefficient (Wildman–Crippen LogP) is 3.38. The van der Waals surface area contributed by atoms with Crippen molar-refractivity contribution in [3.63, 3.8) is 0 Å². The summed E-state index contributed by atoms with van der Waals surface area (Å²) in [6.07, 6.45) is 1.90. The Morgan fingerprint density at radius 2 is 1.96 bits per heavy atom. The van der Waals surface area contributed by atoms with Crippen LogP contribution in [0.1, 0.15) is 31.2 Å². The molecule has 146 valence electrons. The van der Waals surface area contributed by atoms with E-state index in [2.05, 4.69) is 22.1 Å². The van der Waals surface area contributed by atoms with Crippen molar-refractivity contribution in [1.82, 2.24) is 14.9 Å². The molecule has 0 bridgehead atoms. The van der Waals surface area contributed by atoms with Crippen molar-refractivity contribution in [2.75, 3.05) is 20.2 Å². The van der Waals surface area contributed by atoms with Gasteiger partial charge in [0, 0.05) is 25.6 Å². The SMILES string of the molecule is COc1cc(-c2nc3cc(C4CCN(C(C)=O)CC4)ccc3[nH]2)cc(O)c1O. The number of fused-ring (bicyclic) bond motifs is 1. The van der Waals surface area contributed by atoms with E-state index in [-0.39, 0.29) is 23.2 Å². The summed E-state index contributed by atoms with van der Waals surface area (Å²) in [4.78, 5) is 21.3. The lowest BCUT2D eigenvalue weighted by Crippen LogP contribution is -2.36. The van der Waals surface area contributed by atoms with Crippen LogP contribution in [-0.2, 0) is 4.79 Å². The van der Waals surface area contributed by atoms with Gasteiger partial charge < -0.3 is 24.8 Å². The molecule has 1 aliphatic heterocycles. The lowest BCUT2D eigenvalue weighted by atomic mass is 9.89. The number of aromatic nitrogens is 2. The third-order valence-corrected chi connectivity index (χ3v) is 5.47. The van der Waals surface area contributed by atoms with E-state index in [9.17, 15) is 15.0 Å². The number of imidazole rings is 1. The summed E-state index contributed by atoms with van der Waals surface area (Å²) in [5, 5.41) is 19.7. The fourth-order valence-electron chi connectivity index (χ4n) is 3.83. The van der Waals surface area contributed by atoms with Gasteiger partial charge in [0.1, 0.15) is 5.82 Å². The molecule has 0 aliphatic carbocycles. The quantitative estimate of drug-likeness (QED) is 0.604. The lowest BCUT2D eigenvalue weighted by Gasteiger charge is -2.31. The number of likely N-dealkylation sites (tertiary alicyclic amines) is 1. The number of benzene rings is 2. The minimum Gasteiger partial charge on any atom is -0.504 e. The van der Waals surface area contributed by atoms with Crippen molar-refractivity contribution >= 4 is 16.9 Å². The van der Waals surface area contributed by atoms with E-state index in [0.29, 0.717) is 17.3 Å². The first-order valence-electron chi connectivity index (χ1n) is 9.31. The highest BCUT2D eigenvalue weighted by Crippen LogP contribution is 2.39. The Morgan fingerprint density at radius 3 is 2.64 bits per heavy atom. The number of rotatable bonds is 3. The third-order valence-electron chi connectivity index (χ3n) is 5.47. The maximum Gasteiger partial charge on any atom is 0.219 e. The Balaban J connectivity index is 1.63. The van der Waals surface area contributed by atoms with Crippen molar-refractivity contribution < 1.29 is 19.7 Å². The molecule has 1 saturated heterocycles. The number of methoxy groups -OCH3 is 1. The smallest absolute Gasteiger partial charge is 0.219 e. The Morgan fingerprint density at radius 1 is 1.21 bits per heavy atom. The Bertz CT molecular complexity index is 1040. The van der Waals surface area contributed by atoms with Crippen molar-refractivity contribution in [1.29, 1.82) is 0 Å². The fourth-order valence-corrected chi connectivity index (χ4v) is 3.83. The largest absolute Gasteiger partial charge is 0.504 e. The minimum atomic E-state index is -0.290. The van der Waals surface area contributed by atoms with Gasteiger partial charge in [0.15, 0.2) is 11.5 Å². The van der Waals surface area contributed by atoms with Crippen molar-refractivity contribution in [3.8, 4) is 28.6 Å². The second kappa shape index (κ2) is 7.07. The fraction of sp³-hybridized carbons (Fsp3) is 0.333. The second-order valence-corrected chi connectivity index (χ2v) is 7.19. The molecule has 3 aromatic rings. The molecule has 28 heavy (non-hydrogen) atoms. The van der Waals surface area contributed by atoms with Crippen LogP contribution >= 0.6 is 0 Å². The zero-order chi connectivity index (χ0) is 19.8. The van der Waals surface area contributed by atoms with Crippen LogP contribution in [0.2, 0.25) is 0 Å². The number of piperidine rings is 1. The summed E-state index contributed by atoms with van der Waals surface area (Å²) >= 11 is 0. The lowest BCUT2D eigenvalue weighted by molar-refractivity contribution is -0.129. The number of aromatic hydroxyl groups is 2. The number of carbonyl (C=O) groups is 1. The molecule has 2 aromatic carbocycles. The van der Waals surface area contributed by atoms with Gasteiger partial charge in [0.05, 0.1) is 18.1 Å². The Kier molecular flexibility index (Phi) is 4.58. The first-order chi connectivity index (χ1) is 13.5. The van der Waals surface area contributed by atoms with Gasteiger partial charge in [-0.2, -0.15) is 0 Å². The van der Waals surface area contributed by atoms with Crippen LogP contribution in [0.5, 0.6) is 17.2 Å². The minimum absolute atomic E-state index is 0.137. The molecular formula is C21H23N3O4. The van der Waals surface area contributed by atoms with E-state index in [1.807, 2.05) is 11.0 Å². The van der Waals surface area contributed by atoms with Gasteiger partial charge >= 0.3 is 0 Å². The van der Waals surface area contributed by atoms with Gasteiger partial charge in [-0.3, -0.25) is 4.79 Å². The first kappa shape index (κ1) is 18.2. The number of nitrogens with zero attached hydrogens (tertiary/aromatic N) is 2. The Labute approximate surface area is 162 Å². The molecule has 7 nitrogen and oxygen atoms in total. The molecule has 7 heteroatoms. The van der Waals surface area contributed by atoms with Crippen molar-refractivity contribution in [2.24, 2.45) is 0 Å². The third kappa shape index (κ3) is 3.24. The summed E-state index contributed by atoms with van der Waals surface area (Å²) < 4.78 is 5.11. The molecular weight excluding hydrogens is 358 g/mol. The van der Waals surface area contributed by atoms with Gasteiger partial charge in [-0.25, -0.2) is 4.98 Å². The average Bonchev–Trinajstić information content (AvgIpc) is 3.13. The van der Waals surface area contributed by atoms with Crippen LogP contribution in [-0.4, -0.2) is 51.2 Å². The number of phenols is 2. The van der Waals surface area contributed by atoms with Gasteiger partial charge in [0.25, 0.3) is 0 Å². The number of aromatic amines is 1. The first-order valence-corrected chi connectivity index (χ1v) is 9.31. The summed E-state index contributed by atoms with van der Waals surface area (Å²) in [6, 6.07) is 9.28. The van der Waals surface area contributed by atoms with Crippen LogP contribution in [0, 0.1) is 0 Å². The average molecular weight is 381 g/mol. The highest BCUT2D eigenvalue weighted by Gasteiger charge is 2.22. The van der Waals surface area contributed by atoms with E-state index < -0.39 is 0 Å². The summed E-state index contributed by atoms with van der Waals surface area (Å²) in [5.74, 6) is 0.784. The number of hydrogen-bond donors (Lipinski definition) is 3. The van der Waals surface area contributed by atoms with Gasteiger partial charge in [-0.15, -0.1) is 0 Å². The highest BCUT2D eigenvalue weighted by atomic mass is 16.5. The van der Waals surface area contributed by atoms with Gasteiger partial charge in [-0.05, 0) is 48.6 Å². The number of H-pyrrole nitrogens is 1. The van der Waals surface area contributed by atoms with Crippen LogP contribution in [0.4, 0.5) is 0 Å². The molecule has 1 aromatic heterocycles. The topological polar surface area (TPSA) is 98.7 Å². The molecule has 0 radical (unpaired) electrons. The van der Waals surface area contributed by atoms with E-state index in [0.717, 1.165) is 37.0 Å². The van der Waals surface area contributed by atoms with Crippen LogP contribution in [0.3, 0.4) is 0 Å². The standard InChI is InChI=1S/C21H23N3O4/c1-12(25)24-7-5-13(6-8-24)14-3-4-16-17(9-14)23-21(22-16)15-10-18(26)20(27)19(11-15)28-2/h3-4,9-11,13,26-27H,5-8H2,1-2H3,(H,22,23). The van der Waals surface area contributed by atoms with E-state index in [1.54, 1.807) is 13.0 Å². The van der Waals surface area contributed by atoms with Crippen LogP contribution in [0.15, 0.2) is 30.3 Å². The number of hydrogen-bond acceptors (Lipinski definition) is 5. The molecule has 0 unspecified atom stereocenters. The van der Waals surface area contributed by atoms with Gasteiger partial charge in [0.2, 0.25) is 11.7 Å². The normalized spacial score (nSPS) is 15.1. The molecule has 0 spiro atoms. The molecule has 2 heterocycles. The number of ether oxygens (including phenoxy) is 1. The van der Waals surface area contributed by atoms with Gasteiger partial charge in [-0.1, -0.05) is 6.07 Å². The molecule has 1 amide bonds. The number of amides is 1. The summed E-state index contributed by atoms with van der Waals surface area (Å²) in [5.41, 5.74) is 3.58. The molecule has 0 atom stereocenters. The molecule has 1 aliphatic rings. The Hall–Kier alpha value is -3.22. The van der Waals surface area contributed by atoms with Crippen molar-refractivity contribution in [3.05, 3.63) is 35.9 Å². The monoisotopic (exact) mass is 381 g/mol. The highest BCUT2D eigenvalue weighted by molar-refractivity contribution is 5.81. The zero-order valence-electron chi connectivity index (χ0n) is 15.9. The summed E-state index contributed by atoms with van der Waals surface area (Å²) in [7, 11) is 1.43. The van der Waals surface area contributed by atoms with E-state index in [1.165, 1.54) is 18.7 Å². The van der Waals surface area contributed by atoms with Crippen molar-refractivity contribution in [2.45, 2.75) is 25.7 Å².